The van der Waals surface area contributed by atoms with Gasteiger partial charge in [-0.05, 0) is 12.8 Å². The van der Waals surface area contributed by atoms with Crippen LogP contribution in [-0.2, 0) is 9.53 Å². The van der Waals surface area contributed by atoms with Gasteiger partial charge in [0.15, 0.2) is 0 Å². The minimum absolute atomic E-state index is 0.108. The van der Waals surface area contributed by atoms with Crippen molar-refractivity contribution in [2.24, 2.45) is 0 Å². The molecule has 0 heterocycles. The lowest BCUT2D eigenvalue weighted by atomic mass is 10.1. The van der Waals surface area contributed by atoms with E-state index in [4.69, 9.17) is 9.84 Å². The van der Waals surface area contributed by atoms with Crippen molar-refractivity contribution in [2.75, 3.05) is 13.7 Å². The van der Waals surface area contributed by atoms with Crippen LogP contribution in [0.3, 0.4) is 0 Å². The van der Waals surface area contributed by atoms with Crippen molar-refractivity contribution in [1.29, 1.82) is 0 Å². The Morgan fingerprint density at radius 1 is 1.10 bits per heavy atom. The Morgan fingerprint density at radius 3 is 2.30 bits per heavy atom. The second kappa shape index (κ2) is 11.5. The summed E-state index contributed by atoms with van der Waals surface area (Å²) in [5.74, 6) is -1.04. The molecule has 0 aromatic rings. The fourth-order valence-electron chi connectivity index (χ4n) is 1.97. The first-order valence-corrected chi connectivity index (χ1v) is 7.33. The van der Waals surface area contributed by atoms with Crippen LogP contribution in [0.5, 0.6) is 0 Å². The fraction of sp³-hybridized carbons (Fsp3) is 0.857. The summed E-state index contributed by atoms with van der Waals surface area (Å²) in [6, 6.07) is -1.22. The quantitative estimate of drug-likeness (QED) is 0.543. The van der Waals surface area contributed by atoms with Gasteiger partial charge < -0.3 is 20.5 Å². The Kier molecular flexibility index (Phi) is 10.8. The summed E-state index contributed by atoms with van der Waals surface area (Å²) in [5.41, 5.74) is 0. The molecule has 2 atom stereocenters. The molecule has 0 aliphatic carbocycles. The van der Waals surface area contributed by atoms with Crippen LogP contribution in [0.1, 0.15) is 52.4 Å². The molecule has 0 radical (unpaired) electrons. The number of urea groups is 1. The fourth-order valence-corrected chi connectivity index (χ4v) is 1.97. The van der Waals surface area contributed by atoms with E-state index in [2.05, 4.69) is 24.5 Å². The predicted molar refractivity (Wildman–Crippen MR) is 77.8 cm³/mol. The highest BCUT2D eigenvalue weighted by atomic mass is 16.5. The summed E-state index contributed by atoms with van der Waals surface area (Å²) in [6.07, 6.45) is 5.20. The molecule has 0 saturated heterocycles. The molecule has 6 nitrogen and oxygen atoms in total. The number of carboxylic acids is 1. The highest BCUT2D eigenvalue weighted by molar-refractivity contribution is 5.82. The second-order valence-corrected chi connectivity index (χ2v) is 4.92. The Labute approximate surface area is 121 Å². The summed E-state index contributed by atoms with van der Waals surface area (Å²) in [5, 5.41) is 14.4. The molecule has 20 heavy (non-hydrogen) atoms. The van der Waals surface area contributed by atoms with Crippen LogP contribution < -0.4 is 10.6 Å². The molecule has 118 valence electrons. The first-order valence-electron chi connectivity index (χ1n) is 7.33. The number of methoxy groups -OCH3 is 1. The highest BCUT2D eigenvalue weighted by Crippen LogP contribution is 2.06. The number of ether oxygens (including phenoxy) is 1. The molecule has 0 aliphatic heterocycles. The topological polar surface area (TPSA) is 87.7 Å². The van der Waals surface area contributed by atoms with Crippen LogP contribution in [0.15, 0.2) is 0 Å². The van der Waals surface area contributed by atoms with Crippen LogP contribution in [0.25, 0.3) is 0 Å². The van der Waals surface area contributed by atoms with Gasteiger partial charge in [-0.25, -0.2) is 9.59 Å². The van der Waals surface area contributed by atoms with E-state index in [9.17, 15) is 9.59 Å². The SMILES string of the molecule is CCCCC(CCC)NC(=O)NC(CCOC)C(=O)O. The van der Waals surface area contributed by atoms with Crippen molar-refractivity contribution in [3.63, 3.8) is 0 Å². The number of nitrogens with one attached hydrogen (secondary N) is 2. The zero-order chi connectivity index (χ0) is 15.4. The van der Waals surface area contributed by atoms with Crippen LogP contribution >= 0.6 is 0 Å². The maximum Gasteiger partial charge on any atom is 0.326 e. The number of hydrogen-bond acceptors (Lipinski definition) is 3. The van der Waals surface area contributed by atoms with Crippen molar-refractivity contribution < 1.29 is 19.4 Å². The molecule has 2 unspecified atom stereocenters. The molecular formula is C14H28N2O4. The number of carbonyl (C=O) groups is 2. The van der Waals surface area contributed by atoms with E-state index >= 15 is 0 Å². The summed E-state index contributed by atoms with van der Waals surface area (Å²) >= 11 is 0. The smallest absolute Gasteiger partial charge is 0.326 e. The van der Waals surface area contributed by atoms with Gasteiger partial charge in [0.25, 0.3) is 0 Å². The van der Waals surface area contributed by atoms with Gasteiger partial charge in [0, 0.05) is 26.2 Å². The molecule has 0 aromatic carbocycles. The number of carbonyl (C=O) groups excluding carboxylic acids is 1. The van der Waals surface area contributed by atoms with E-state index in [1.807, 2.05) is 0 Å². The normalized spacial score (nSPS) is 13.6. The monoisotopic (exact) mass is 288 g/mol. The first kappa shape index (κ1) is 18.7. The molecule has 3 N–H and O–H groups in total. The van der Waals surface area contributed by atoms with E-state index in [1.54, 1.807) is 0 Å². The van der Waals surface area contributed by atoms with Crippen molar-refractivity contribution in [3.8, 4) is 0 Å². The Balaban J connectivity index is 4.28. The van der Waals surface area contributed by atoms with Gasteiger partial charge in [0.1, 0.15) is 6.04 Å². The van der Waals surface area contributed by atoms with E-state index in [0.29, 0.717) is 6.61 Å². The van der Waals surface area contributed by atoms with E-state index < -0.39 is 18.0 Å². The molecule has 0 bridgehead atoms. The molecule has 0 rings (SSSR count). The molecule has 2 amide bonds. The maximum atomic E-state index is 11.8. The van der Waals surface area contributed by atoms with Gasteiger partial charge in [0.2, 0.25) is 0 Å². The number of hydrogen-bond donors (Lipinski definition) is 3. The van der Waals surface area contributed by atoms with Crippen molar-refractivity contribution >= 4 is 12.0 Å². The predicted octanol–water partition coefficient (Wildman–Crippen LogP) is 2.13. The Hall–Kier alpha value is -1.30. The largest absolute Gasteiger partial charge is 0.480 e. The molecule has 0 aliphatic rings. The third-order valence-corrected chi connectivity index (χ3v) is 3.09. The molecule has 0 saturated carbocycles. The number of unbranched alkanes of at least 4 members (excludes halogenated alkanes) is 1. The molecule has 0 fully saturated rings. The molecule has 0 spiro atoms. The average Bonchev–Trinajstić information content (AvgIpc) is 2.40. The minimum Gasteiger partial charge on any atom is -0.480 e. The lowest BCUT2D eigenvalue weighted by Gasteiger charge is -2.20. The molecule has 0 aromatic heterocycles. The van der Waals surface area contributed by atoms with Crippen molar-refractivity contribution in [3.05, 3.63) is 0 Å². The number of amides is 2. The Morgan fingerprint density at radius 2 is 1.80 bits per heavy atom. The zero-order valence-electron chi connectivity index (χ0n) is 12.8. The van der Waals surface area contributed by atoms with Crippen LogP contribution in [0.2, 0.25) is 0 Å². The van der Waals surface area contributed by atoms with E-state index in [1.165, 1.54) is 7.11 Å². The van der Waals surface area contributed by atoms with Crippen molar-refractivity contribution in [1.82, 2.24) is 10.6 Å². The summed E-state index contributed by atoms with van der Waals surface area (Å²) in [4.78, 5) is 22.9. The summed E-state index contributed by atoms with van der Waals surface area (Å²) in [7, 11) is 1.50. The van der Waals surface area contributed by atoms with E-state index in [0.717, 1.165) is 32.1 Å². The number of carboxylic acid groups (broad SMARTS) is 1. The lowest BCUT2D eigenvalue weighted by Crippen LogP contribution is -2.49. The van der Waals surface area contributed by atoms with Crippen LogP contribution in [0.4, 0.5) is 4.79 Å². The molecule has 6 heteroatoms. The summed E-state index contributed by atoms with van der Waals surface area (Å²) < 4.78 is 4.84. The Bertz CT molecular complexity index is 284. The van der Waals surface area contributed by atoms with Gasteiger partial charge in [-0.3, -0.25) is 0 Å². The van der Waals surface area contributed by atoms with Crippen LogP contribution in [-0.4, -0.2) is 42.9 Å². The van der Waals surface area contributed by atoms with Gasteiger partial charge in [-0.2, -0.15) is 0 Å². The van der Waals surface area contributed by atoms with E-state index in [-0.39, 0.29) is 12.5 Å². The maximum absolute atomic E-state index is 11.8. The third kappa shape index (κ3) is 8.74. The summed E-state index contributed by atoms with van der Waals surface area (Å²) in [6.45, 7) is 4.47. The highest BCUT2D eigenvalue weighted by Gasteiger charge is 2.20. The third-order valence-electron chi connectivity index (χ3n) is 3.09. The van der Waals surface area contributed by atoms with Gasteiger partial charge >= 0.3 is 12.0 Å². The van der Waals surface area contributed by atoms with Crippen molar-refractivity contribution in [2.45, 2.75) is 64.5 Å². The van der Waals surface area contributed by atoms with Gasteiger partial charge in [0.05, 0.1) is 0 Å². The van der Waals surface area contributed by atoms with Crippen LogP contribution in [0, 0.1) is 0 Å². The number of rotatable bonds is 11. The second-order valence-electron chi connectivity index (χ2n) is 4.92. The van der Waals surface area contributed by atoms with Gasteiger partial charge in [-0.15, -0.1) is 0 Å². The average molecular weight is 288 g/mol. The number of aliphatic carboxylic acids is 1. The zero-order valence-corrected chi connectivity index (χ0v) is 12.8. The molecular weight excluding hydrogens is 260 g/mol. The van der Waals surface area contributed by atoms with Gasteiger partial charge in [-0.1, -0.05) is 33.1 Å². The minimum atomic E-state index is -1.04. The standard InChI is InChI=1S/C14H28N2O4/c1-4-6-8-11(7-5-2)15-14(19)16-12(13(17)18)9-10-20-3/h11-12H,4-10H2,1-3H3,(H,17,18)(H2,15,16,19). The lowest BCUT2D eigenvalue weighted by molar-refractivity contribution is -0.139. The first-order chi connectivity index (χ1) is 9.54.